The first-order valence-corrected chi connectivity index (χ1v) is 8.31. The number of hydrogen-bond acceptors (Lipinski definition) is 3. The Kier molecular flexibility index (Phi) is 4.22. The fraction of sp³-hybridized carbons (Fsp3) is 0.350. The first-order valence-electron chi connectivity index (χ1n) is 8.31. The minimum atomic E-state index is -0.0302. The number of ether oxygens (including phenoxy) is 1. The van der Waals surface area contributed by atoms with E-state index in [2.05, 4.69) is 50.4 Å². The largest absolute Gasteiger partial charge is 0.481 e. The molecule has 0 saturated carbocycles. The minimum Gasteiger partial charge on any atom is -0.481 e. The summed E-state index contributed by atoms with van der Waals surface area (Å²) >= 11 is 0. The van der Waals surface area contributed by atoms with Gasteiger partial charge >= 0.3 is 0 Å². The molecule has 0 aliphatic carbocycles. The van der Waals surface area contributed by atoms with Gasteiger partial charge in [-0.1, -0.05) is 32.9 Å². The number of hydrogen-bond donors (Lipinski definition) is 1. The monoisotopic (exact) mass is 324 g/mol. The highest BCUT2D eigenvalue weighted by molar-refractivity contribution is 5.97. The molecular formula is C20H24N2O2. The lowest BCUT2D eigenvalue weighted by atomic mass is 9.82. The Balaban J connectivity index is 1.79. The molecule has 0 bridgehead atoms. The van der Waals surface area contributed by atoms with Gasteiger partial charge in [0.1, 0.15) is 5.75 Å². The van der Waals surface area contributed by atoms with Crippen LogP contribution in [0.15, 0.2) is 42.5 Å². The van der Waals surface area contributed by atoms with Gasteiger partial charge in [-0.15, -0.1) is 0 Å². The highest BCUT2D eigenvalue weighted by Crippen LogP contribution is 2.35. The Bertz CT molecular complexity index is 751. The fourth-order valence-corrected chi connectivity index (χ4v) is 2.73. The van der Waals surface area contributed by atoms with Crippen molar-refractivity contribution in [3.8, 4) is 5.75 Å². The summed E-state index contributed by atoms with van der Waals surface area (Å²) in [5, 5.41) is 3.39. The summed E-state index contributed by atoms with van der Waals surface area (Å²) in [6.45, 7) is 6.82. The van der Waals surface area contributed by atoms with E-state index < -0.39 is 0 Å². The maximum Gasteiger partial charge on any atom is 0.264 e. The Hall–Kier alpha value is -2.49. The van der Waals surface area contributed by atoms with Crippen LogP contribution in [0.25, 0.3) is 0 Å². The smallest absolute Gasteiger partial charge is 0.264 e. The average molecular weight is 324 g/mol. The number of fused-ring (bicyclic) bond motifs is 1. The molecule has 2 aromatic rings. The van der Waals surface area contributed by atoms with E-state index in [0.29, 0.717) is 0 Å². The number of rotatable bonds is 4. The quantitative estimate of drug-likeness (QED) is 0.902. The molecule has 0 unspecified atom stereocenters. The van der Waals surface area contributed by atoms with E-state index in [1.54, 1.807) is 11.9 Å². The lowest BCUT2D eigenvalue weighted by molar-refractivity contribution is -0.120. The van der Waals surface area contributed by atoms with E-state index in [0.717, 1.165) is 29.2 Å². The average Bonchev–Trinajstić information content (AvgIpc) is 2.59. The molecular weight excluding hydrogens is 300 g/mol. The van der Waals surface area contributed by atoms with Crippen molar-refractivity contribution in [1.29, 1.82) is 0 Å². The van der Waals surface area contributed by atoms with Crippen molar-refractivity contribution in [2.45, 2.75) is 32.6 Å². The van der Waals surface area contributed by atoms with Gasteiger partial charge in [-0.25, -0.2) is 0 Å². The lowest BCUT2D eigenvalue weighted by Gasteiger charge is -2.26. The normalized spacial score (nSPS) is 14.2. The second kappa shape index (κ2) is 6.19. The van der Waals surface area contributed by atoms with Gasteiger partial charge in [0.25, 0.3) is 5.91 Å². The van der Waals surface area contributed by atoms with Crippen LogP contribution in [0.1, 0.15) is 32.8 Å². The van der Waals surface area contributed by atoms with E-state index in [4.69, 9.17) is 4.74 Å². The molecule has 1 aliphatic heterocycles. The van der Waals surface area contributed by atoms with Crippen LogP contribution in [-0.2, 0) is 10.2 Å². The molecule has 0 spiro atoms. The van der Waals surface area contributed by atoms with Crippen molar-refractivity contribution < 1.29 is 9.53 Å². The number of carbonyl (C=O) groups excluding carboxylic acids is 1. The summed E-state index contributed by atoms with van der Waals surface area (Å²) in [5.74, 6) is 0.697. The third-order valence-electron chi connectivity index (χ3n) is 4.89. The van der Waals surface area contributed by atoms with Gasteiger partial charge in [0.15, 0.2) is 6.61 Å². The van der Waals surface area contributed by atoms with Crippen LogP contribution in [0.5, 0.6) is 5.75 Å². The Morgan fingerprint density at radius 3 is 2.46 bits per heavy atom. The van der Waals surface area contributed by atoms with Crippen LogP contribution in [-0.4, -0.2) is 19.6 Å². The molecule has 1 amide bonds. The summed E-state index contributed by atoms with van der Waals surface area (Å²) in [5.41, 5.74) is 4.31. The predicted molar refractivity (Wildman–Crippen MR) is 98.4 cm³/mol. The van der Waals surface area contributed by atoms with Crippen molar-refractivity contribution in [3.05, 3.63) is 48.0 Å². The van der Waals surface area contributed by atoms with Gasteiger partial charge in [-0.3, -0.25) is 4.79 Å². The zero-order valence-corrected chi connectivity index (χ0v) is 14.7. The molecule has 126 valence electrons. The molecule has 1 aliphatic rings. The number of likely N-dealkylation sites (N-methyl/N-ethyl adjacent to an activating group) is 1. The molecule has 1 heterocycles. The third kappa shape index (κ3) is 3.09. The molecule has 0 aromatic heterocycles. The second-order valence-electron chi connectivity index (χ2n) is 6.86. The molecule has 24 heavy (non-hydrogen) atoms. The van der Waals surface area contributed by atoms with Crippen LogP contribution in [0.2, 0.25) is 0 Å². The molecule has 0 radical (unpaired) electrons. The van der Waals surface area contributed by atoms with Crippen molar-refractivity contribution in [3.63, 3.8) is 0 Å². The first-order chi connectivity index (χ1) is 11.4. The number of benzene rings is 2. The van der Waals surface area contributed by atoms with Crippen LogP contribution in [0, 0.1) is 0 Å². The highest BCUT2D eigenvalue weighted by Gasteiger charge is 2.22. The van der Waals surface area contributed by atoms with Gasteiger partial charge < -0.3 is 15.0 Å². The van der Waals surface area contributed by atoms with Crippen molar-refractivity contribution >= 4 is 23.0 Å². The standard InChI is InChI=1S/C20H24N2O2/c1-5-20(2,3)14-6-8-15(9-7-14)21-16-10-11-17-18(12-16)24-13-19(23)22(17)4/h6-12,21H,5,13H2,1-4H3. The van der Waals surface area contributed by atoms with Crippen LogP contribution in [0.3, 0.4) is 0 Å². The van der Waals surface area contributed by atoms with Crippen molar-refractivity contribution in [2.24, 2.45) is 0 Å². The number of carbonyl (C=O) groups is 1. The molecule has 4 heteroatoms. The van der Waals surface area contributed by atoms with Gasteiger partial charge in [0.2, 0.25) is 0 Å². The topological polar surface area (TPSA) is 41.6 Å². The number of nitrogens with one attached hydrogen (secondary N) is 1. The zero-order chi connectivity index (χ0) is 17.3. The zero-order valence-electron chi connectivity index (χ0n) is 14.7. The van der Waals surface area contributed by atoms with E-state index in [1.807, 2.05) is 18.2 Å². The molecule has 3 rings (SSSR count). The van der Waals surface area contributed by atoms with Crippen molar-refractivity contribution in [1.82, 2.24) is 0 Å². The SMILES string of the molecule is CCC(C)(C)c1ccc(Nc2ccc3c(c2)OCC(=O)N3C)cc1. The van der Waals surface area contributed by atoms with Gasteiger partial charge in [-0.2, -0.15) is 0 Å². The summed E-state index contributed by atoms with van der Waals surface area (Å²) in [6.07, 6.45) is 1.11. The Labute approximate surface area is 143 Å². The maximum atomic E-state index is 11.7. The Morgan fingerprint density at radius 2 is 1.79 bits per heavy atom. The van der Waals surface area contributed by atoms with Gasteiger partial charge in [0.05, 0.1) is 5.69 Å². The molecule has 0 saturated heterocycles. The predicted octanol–water partition coefficient (Wildman–Crippen LogP) is 4.47. The van der Waals surface area contributed by atoms with Crippen molar-refractivity contribution in [2.75, 3.05) is 23.9 Å². The second-order valence-corrected chi connectivity index (χ2v) is 6.86. The van der Waals surface area contributed by atoms with Crippen LogP contribution < -0.4 is 15.0 Å². The molecule has 0 atom stereocenters. The Morgan fingerprint density at radius 1 is 1.12 bits per heavy atom. The number of amides is 1. The van der Waals surface area contributed by atoms with E-state index >= 15 is 0 Å². The van der Waals surface area contributed by atoms with Gasteiger partial charge in [-0.05, 0) is 41.7 Å². The highest BCUT2D eigenvalue weighted by atomic mass is 16.5. The molecule has 1 N–H and O–H groups in total. The fourth-order valence-electron chi connectivity index (χ4n) is 2.73. The minimum absolute atomic E-state index is 0.0302. The molecule has 4 nitrogen and oxygen atoms in total. The number of nitrogens with zero attached hydrogens (tertiary/aromatic N) is 1. The summed E-state index contributed by atoms with van der Waals surface area (Å²) in [7, 11) is 1.77. The first kappa shape index (κ1) is 16.4. The summed E-state index contributed by atoms with van der Waals surface area (Å²) in [4.78, 5) is 13.3. The summed E-state index contributed by atoms with van der Waals surface area (Å²) < 4.78 is 5.53. The molecule has 0 fully saturated rings. The van der Waals surface area contributed by atoms with Gasteiger partial charge in [0, 0.05) is 24.5 Å². The third-order valence-corrected chi connectivity index (χ3v) is 4.89. The molecule has 2 aromatic carbocycles. The summed E-state index contributed by atoms with van der Waals surface area (Å²) in [6, 6.07) is 14.3. The van der Waals surface area contributed by atoms with Crippen LogP contribution >= 0.6 is 0 Å². The van der Waals surface area contributed by atoms with E-state index in [1.165, 1.54) is 5.56 Å². The van der Waals surface area contributed by atoms with E-state index in [-0.39, 0.29) is 17.9 Å². The maximum absolute atomic E-state index is 11.7. The van der Waals surface area contributed by atoms with Crippen LogP contribution in [0.4, 0.5) is 17.1 Å². The van der Waals surface area contributed by atoms with E-state index in [9.17, 15) is 4.79 Å². The number of anilines is 3. The lowest BCUT2D eigenvalue weighted by Crippen LogP contribution is -2.35.